The van der Waals surface area contributed by atoms with Crippen molar-refractivity contribution in [2.45, 2.75) is 32.4 Å². The molecule has 0 saturated carbocycles. The summed E-state index contributed by atoms with van der Waals surface area (Å²) >= 11 is 0. The van der Waals surface area contributed by atoms with E-state index in [-0.39, 0.29) is 19.1 Å². The van der Waals surface area contributed by atoms with Crippen molar-refractivity contribution in [3.8, 4) is 5.75 Å². The zero-order chi connectivity index (χ0) is 21.9. The van der Waals surface area contributed by atoms with Crippen molar-refractivity contribution in [2.24, 2.45) is 11.8 Å². The molecule has 160 valence electrons. The molecule has 7 heteroatoms. The number of benzene rings is 2. The number of fused-ring (bicyclic) bond motifs is 6. The maximum absolute atomic E-state index is 13.9. The fraction of sp³-hybridized carbons (Fsp3) is 0.375. The Morgan fingerprint density at radius 2 is 2.03 bits per heavy atom. The molecule has 0 aliphatic carbocycles. The number of nitrogens with zero attached hydrogens (tertiary/aromatic N) is 1. The highest BCUT2D eigenvalue weighted by molar-refractivity contribution is 6.13. The van der Waals surface area contributed by atoms with Crippen LogP contribution in [0, 0.1) is 18.8 Å². The van der Waals surface area contributed by atoms with Gasteiger partial charge in [-0.25, -0.2) is 0 Å². The topological polar surface area (TPSA) is 84.9 Å². The zero-order valence-corrected chi connectivity index (χ0v) is 17.7. The third-order valence-electron chi connectivity index (χ3n) is 6.76. The first kappa shape index (κ1) is 19.6. The largest absolute Gasteiger partial charge is 0.493 e. The van der Waals surface area contributed by atoms with Gasteiger partial charge in [0.15, 0.2) is 0 Å². The Morgan fingerprint density at radius 3 is 2.81 bits per heavy atom. The van der Waals surface area contributed by atoms with Gasteiger partial charge in [0.1, 0.15) is 11.3 Å². The van der Waals surface area contributed by atoms with Crippen LogP contribution >= 0.6 is 0 Å². The van der Waals surface area contributed by atoms with Gasteiger partial charge < -0.3 is 19.7 Å². The van der Waals surface area contributed by atoms with Crippen molar-refractivity contribution in [3.63, 3.8) is 0 Å². The predicted octanol–water partition coefficient (Wildman–Crippen LogP) is 3.09. The molecule has 2 aromatic rings. The van der Waals surface area contributed by atoms with Gasteiger partial charge in [0.25, 0.3) is 11.8 Å². The Kier molecular flexibility index (Phi) is 4.32. The number of carbonyl (C=O) groups excluding carboxylic acids is 3. The maximum atomic E-state index is 13.9. The number of anilines is 1. The number of esters is 1. The van der Waals surface area contributed by atoms with Gasteiger partial charge in [-0.1, -0.05) is 29.8 Å². The third-order valence-corrected chi connectivity index (χ3v) is 6.76. The van der Waals surface area contributed by atoms with E-state index < -0.39 is 35.3 Å². The minimum atomic E-state index is -1.42. The van der Waals surface area contributed by atoms with E-state index in [2.05, 4.69) is 5.32 Å². The van der Waals surface area contributed by atoms with Gasteiger partial charge in [0.2, 0.25) is 0 Å². The molecule has 4 atom stereocenters. The van der Waals surface area contributed by atoms with Crippen LogP contribution in [-0.2, 0) is 14.3 Å². The fourth-order valence-electron chi connectivity index (χ4n) is 5.38. The van der Waals surface area contributed by atoms with E-state index in [1.165, 1.54) is 0 Å². The Bertz CT molecular complexity index is 1110. The van der Waals surface area contributed by atoms with Crippen LogP contribution in [0.2, 0.25) is 0 Å². The summed E-state index contributed by atoms with van der Waals surface area (Å²) in [5, 5.41) is 2.89. The van der Waals surface area contributed by atoms with Gasteiger partial charge in [-0.05, 0) is 39.0 Å². The van der Waals surface area contributed by atoms with Crippen LogP contribution in [0.15, 0.2) is 42.5 Å². The first-order valence-electron chi connectivity index (χ1n) is 10.5. The summed E-state index contributed by atoms with van der Waals surface area (Å²) in [4.78, 5) is 42.3. The van der Waals surface area contributed by atoms with Crippen molar-refractivity contribution < 1.29 is 23.9 Å². The monoisotopic (exact) mass is 420 g/mol. The molecule has 3 aliphatic rings. The molecular weight excluding hydrogens is 396 g/mol. The number of aryl methyl sites for hydroxylation is 1. The van der Waals surface area contributed by atoms with Gasteiger partial charge in [0, 0.05) is 11.5 Å². The van der Waals surface area contributed by atoms with Crippen LogP contribution in [0.5, 0.6) is 5.75 Å². The van der Waals surface area contributed by atoms with Gasteiger partial charge >= 0.3 is 5.97 Å². The highest BCUT2D eigenvalue weighted by Crippen LogP contribution is 2.56. The van der Waals surface area contributed by atoms with Crippen molar-refractivity contribution in [1.82, 2.24) is 4.90 Å². The average molecular weight is 420 g/mol. The van der Waals surface area contributed by atoms with E-state index in [1.807, 2.05) is 25.1 Å². The SMILES string of the molecule is CCOC(=O)C1C2COc3ccc(C)cc3C2N2C(=O)c3ccccc3NC(=O)[C@@]12C. The molecule has 1 fully saturated rings. The molecule has 2 aromatic carbocycles. The molecule has 3 aliphatic heterocycles. The van der Waals surface area contributed by atoms with E-state index >= 15 is 0 Å². The molecule has 2 amide bonds. The van der Waals surface area contributed by atoms with Gasteiger partial charge in [-0.15, -0.1) is 0 Å². The van der Waals surface area contributed by atoms with Crippen molar-refractivity contribution in [3.05, 3.63) is 59.2 Å². The molecule has 0 bridgehead atoms. The van der Waals surface area contributed by atoms with Crippen LogP contribution < -0.4 is 10.1 Å². The molecule has 1 saturated heterocycles. The van der Waals surface area contributed by atoms with Crippen LogP contribution in [-0.4, -0.2) is 41.4 Å². The van der Waals surface area contributed by atoms with E-state index in [9.17, 15) is 14.4 Å². The van der Waals surface area contributed by atoms with E-state index in [4.69, 9.17) is 9.47 Å². The van der Waals surface area contributed by atoms with E-state index in [0.29, 0.717) is 17.0 Å². The standard InChI is InChI=1S/C24H24N2O5/c1-4-30-22(28)19-16-12-31-18-10-9-13(2)11-15(18)20(16)26-21(27)14-7-5-6-8-17(14)25-23(29)24(19,26)3/h5-11,16,19-20H,4,12H2,1-3H3,(H,25,29)/t16?,19?,20?,24-/m1/s1. The van der Waals surface area contributed by atoms with E-state index in [0.717, 1.165) is 11.1 Å². The Hall–Kier alpha value is -3.35. The first-order valence-corrected chi connectivity index (χ1v) is 10.5. The highest BCUT2D eigenvalue weighted by atomic mass is 16.5. The molecular formula is C24H24N2O5. The molecule has 3 unspecified atom stereocenters. The van der Waals surface area contributed by atoms with Crippen LogP contribution in [0.1, 0.15) is 41.4 Å². The van der Waals surface area contributed by atoms with Crippen molar-refractivity contribution in [1.29, 1.82) is 0 Å². The number of ether oxygens (including phenoxy) is 2. The summed E-state index contributed by atoms with van der Waals surface area (Å²) in [6, 6.07) is 12.3. The minimum Gasteiger partial charge on any atom is -0.493 e. The number of rotatable bonds is 2. The maximum Gasteiger partial charge on any atom is 0.312 e. The quantitative estimate of drug-likeness (QED) is 0.755. The number of para-hydroxylation sites is 1. The highest BCUT2D eigenvalue weighted by Gasteiger charge is 2.67. The van der Waals surface area contributed by atoms with Crippen LogP contribution in [0.4, 0.5) is 5.69 Å². The fourth-order valence-corrected chi connectivity index (χ4v) is 5.38. The molecule has 0 radical (unpaired) electrons. The predicted molar refractivity (Wildman–Crippen MR) is 113 cm³/mol. The molecule has 3 heterocycles. The third kappa shape index (κ3) is 2.62. The van der Waals surface area contributed by atoms with Crippen LogP contribution in [0.3, 0.4) is 0 Å². The lowest BCUT2D eigenvalue weighted by Crippen LogP contribution is -2.57. The second-order valence-corrected chi connectivity index (χ2v) is 8.51. The Morgan fingerprint density at radius 1 is 1.26 bits per heavy atom. The summed E-state index contributed by atoms with van der Waals surface area (Å²) < 4.78 is 11.4. The minimum absolute atomic E-state index is 0.190. The Labute approximate surface area is 180 Å². The average Bonchev–Trinajstić information content (AvgIpc) is 2.99. The summed E-state index contributed by atoms with van der Waals surface area (Å²) in [6.45, 7) is 5.77. The number of carbonyl (C=O) groups is 3. The second-order valence-electron chi connectivity index (χ2n) is 8.51. The van der Waals surface area contributed by atoms with Crippen LogP contribution in [0.25, 0.3) is 0 Å². The lowest BCUT2D eigenvalue weighted by atomic mass is 9.77. The number of hydrogen-bond donors (Lipinski definition) is 1. The lowest BCUT2D eigenvalue weighted by Gasteiger charge is -2.38. The summed E-state index contributed by atoms with van der Waals surface area (Å²) in [5.41, 5.74) is 1.26. The second kappa shape index (κ2) is 6.83. The molecule has 0 aromatic heterocycles. The van der Waals surface area contributed by atoms with Gasteiger partial charge in [0.05, 0.1) is 36.4 Å². The number of hydrogen-bond acceptors (Lipinski definition) is 5. The summed E-state index contributed by atoms with van der Waals surface area (Å²) in [7, 11) is 0. The van der Waals surface area contributed by atoms with Gasteiger partial charge in [-0.2, -0.15) is 0 Å². The smallest absolute Gasteiger partial charge is 0.312 e. The lowest BCUT2D eigenvalue weighted by molar-refractivity contribution is -0.155. The van der Waals surface area contributed by atoms with E-state index in [1.54, 1.807) is 43.0 Å². The van der Waals surface area contributed by atoms with Crippen molar-refractivity contribution in [2.75, 3.05) is 18.5 Å². The molecule has 7 nitrogen and oxygen atoms in total. The summed E-state index contributed by atoms with van der Waals surface area (Å²) in [5.74, 6) is -1.76. The number of nitrogens with one attached hydrogen (secondary N) is 1. The molecule has 1 N–H and O–H groups in total. The summed E-state index contributed by atoms with van der Waals surface area (Å²) in [6.07, 6.45) is 0. The van der Waals surface area contributed by atoms with Crippen molar-refractivity contribution >= 4 is 23.5 Å². The Balaban J connectivity index is 1.76. The first-order chi connectivity index (χ1) is 14.9. The molecule has 0 spiro atoms. The normalized spacial score (nSPS) is 28.4. The van der Waals surface area contributed by atoms with Gasteiger partial charge in [-0.3, -0.25) is 14.4 Å². The zero-order valence-electron chi connectivity index (χ0n) is 17.7. The molecule has 5 rings (SSSR count). The number of amides is 2. The molecule has 31 heavy (non-hydrogen) atoms.